The molecule has 2 rings (SSSR count). The molecule has 1 N–H and O–H groups in total. The number of aliphatic hydroxyl groups is 1. The second-order valence-electron chi connectivity index (χ2n) is 4.36. The Morgan fingerprint density at radius 1 is 1.22 bits per heavy atom. The van der Waals surface area contributed by atoms with Gasteiger partial charge in [0.25, 0.3) is 0 Å². The fraction of sp³-hybridized carbons (Fsp3) is 0.200. The normalized spacial score (nSPS) is 12.4. The number of benzene rings is 2. The molecule has 0 radical (unpaired) electrons. The molecule has 2 aromatic carbocycles. The zero-order chi connectivity index (χ0) is 13.1. The van der Waals surface area contributed by atoms with Crippen LogP contribution in [0.15, 0.2) is 42.5 Å². The highest BCUT2D eigenvalue weighted by atomic mass is 35.5. The van der Waals surface area contributed by atoms with E-state index in [0.29, 0.717) is 11.4 Å². The van der Waals surface area contributed by atoms with Crippen LogP contribution in [0.1, 0.15) is 22.8 Å². The second-order valence-corrected chi connectivity index (χ2v) is 4.77. The molecular formula is C15H14ClFO. The van der Waals surface area contributed by atoms with Gasteiger partial charge in [-0.3, -0.25) is 0 Å². The molecule has 0 fully saturated rings. The molecule has 0 bridgehead atoms. The monoisotopic (exact) mass is 264 g/mol. The Kier molecular flexibility index (Phi) is 4.00. The van der Waals surface area contributed by atoms with E-state index < -0.39 is 6.10 Å². The Hall–Kier alpha value is -1.38. The second kappa shape index (κ2) is 5.51. The Balaban J connectivity index is 2.16. The highest BCUT2D eigenvalue weighted by Crippen LogP contribution is 2.24. The number of hydrogen-bond acceptors (Lipinski definition) is 1. The number of halogens is 2. The zero-order valence-electron chi connectivity index (χ0n) is 10.0. The van der Waals surface area contributed by atoms with Crippen molar-refractivity contribution in [2.75, 3.05) is 0 Å². The van der Waals surface area contributed by atoms with Crippen LogP contribution in [-0.4, -0.2) is 5.11 Å². The molecular weight excluding hydrogens is 251 g/mol. The Bertz CT molecular complexity index is 554. The van der Waals surface area contributed by atoms with E-state index in [2.05, 4.69) is 0 Å². The topological polar surface area (TPSA) is 20.2 Å². The van der Waals surface area contributed by atoms with E-state index in [9.17, 15) is 9.50 Å². The lowest BCUT2D eigenvalue weighted by Gasteiger charge is -2.12. The van der Waals surface area contributed by atoms with Crippen LogP contribution in [-0.2, 0) is 6.42 Å². The highest BCUT2D eigenvalue weighted by Gasteiger charge is 2.10. The van der Waals surface area contributed by atoms with Gasteiger partial charge in [-0.15, -0.1) is 0 Å². The van der Waals surface area contributed by atoms with Crippen molar-refractivity contribution in [2.24, 2.45) is 0 Å². The molecule has 0 saturated carbocycles. The Labute approximate surface area is 111 Å². The quantitative estimate of drug-likeness (QED) is 0.886. The van der Waals surface area contributed by atoms with E-state index in [4.69, 9.17) is 11.6 Å². The molecule has 1 atom stereocenters. The van der Waals surface area contributed by atoms with Gasteiger partial charge in [0.1, 0.15) is 5.82 Å². The minimum atomic E-state index is -0.676. The minimum absolute atomic E-state index is 0.290. The van der Waals surface area contributed by atoms with Crippen LogP contribution in [0.25, 0.3) is 0 Å². The molecule has 18 heavy (non-hydrogen) atoms. The van der Waals surface area contributed by atoms with E-state index in [-0.39, 0.29) is 5.82 Å². The summed E-state index contributed by atoms with van der Waals surface area (Å²) in [6, 6.07) is 11.7. The average molecular weight is 265 g/mol. The standard InChI is InChI=1S/C15H14ClFO/c1-10-5-6-12(9-14(10)16)15(18)8-11-3-2-4-13(17)7-11/h2-7,9,15,18H,8H2,1H3. The van der Waals surface area contributed by atoms with Gasteiger partial charge in [0.05, 0.1) is 6.10 Å². The van der Waals surface area contributed by atoms with Crippen molar-refractivity contribution in [3.63, 3.8) is 0 Å². The van der Waals surface area contributed by atoms with Crippen LogP contribution in [0.5, 0.6) is 0 Å². The van der Waals surface area contributed by atoms with Crippen molar-refractivity contribution < 1.29 is 9.50 Å². The largest absolute Gasteiger partial charge is 0.388 e. The van der Waals surface area contributed by atoms with Crippen molar-refractivity contribution in [3.05, 3.63) is 70.0 Å². The predicted octanol–water partition coefficient (Wildman–Crippen LogP) is 4.06. The molecule has 0 aromatic heterocycles. The number of aliphatic hydroxyl groups excluding tert-OH is 1. The lowest BCUT2D eigenvalue weighted by molar-refractivity contribution is 0.178. The van der Waals surface area contributed by atoms with E-state index in [1.807, 2.05) is 19.1 Å². The van der Waals surface area contributed by atoms with Gasteiger partial charge in [0.2, 0.25) is 0 Å². The first kappa shape index (κ1) is 13.1. The van der Waals surface area contributed by atoms with Crippen molar-refractivity contribution in [3.8, 4) is 0 Å². The van der Waals surface area contributed by atoms with Crippen LogP contribution >= 0.6 is 11.6 Å². The van der Waals surface area contributed by atoms with Crippen LogP contribution < -0.4 is 0 Å². The van der Waals surface area contributed by atoms with Crippen molar-refractivity contribution in [2.45, 2.75) is 19.4 Å². The molecule has 0 amide bonds. The van der Waals surface area contributed by atoms with Gasteiger partial charge in [-0.2, -0.15) is 0 Å². The van der Waals surface area contributed by atoms with Crippen LogP contribution in [0, 0.1) is 12.7 Å². The number of aryl methyl sites for hydroxylation is 1. The zero-order valence-corrected chi connectivity index (χ0v) is 10.8. The molecule has 0 heterocycles. The summed E-state index contributed by atoms with van der Waals surface area (Å²) in [7, 11) is 0. The highest BCUT2D eigenvalue weighted by molar-refractivity contribution is 6.31. The molecule has 0 aliphatic rings. The van der Waals surface area contributed by atoms with E-state index in [1.165, 1.54) is 12.1 Å². The molecule has 0 aliphatic heterocycles. The first-order valence-corrected chi connectivity index (χ1v) is 6.12. The van der Waals surface area contributed by atoms with Gasteiger partial charge in [0.15, 0.2) is 0 Å². The third-order valence-electron chi connectivity index (χ3n) is 2.90. The third-order valence-corrected chi connectivity index (χ3v) is 3.31. The number of hydrogen-bond donors (Lipinski definition) is 1. The summed E-state index contributed by atoms with van der Waals surface area (Å²) in [6.07, 6.45) is -0.304. The summed E-state index contributed by atoms with van der Waals surface area (Å²) in [6.45, 7) is 1.91. The first-order valence-electron chi connectivity index (χ1n) is 5.75. The van der Waals surface area contributed by atoms with E-state index >= 15 is 0 Å². The fourth-order valence-corrected chi connectivity index (χ4v) is 2.01. The molecule has 0 aliphatic carbocycles. The average Bonchev–Trinajstić information content (AvgIpc) is 2.32. The summed E-state index contributed by atoms with van der Waals surface area (Å²) < 4.78 is 13.0. The molecule has 2 aromatic rings. The van der Waals surface area contributed by atoms with Gasteiger partial charge < -0.3 is 5.11 Å². The lowest BCUT2D eigenvalue weighted by atomic mass is 10.0. The molecule has 0 spiro atoms. The van der Waals surface area contributed by atoms with Crippen molar-refractivity contribution in [1.82, 2.24) is 0 Å². The first-order chi connectivity index (χ1) is 8.56. The molecule has 1 nitrogen and oxygen atoms in total. The fourth-order valence-electron chi connectivity index (χ4n) is 1.82. The van der Waals surface area contributed by atoms with Gasteiger partial charge in [-0.05, 0) is 41.8 Å². The van der Waals surface area contributed by atoms with E-state index in [1.54, 1.807) is 18.2 Å². The van der Waals surface area contributed by atoms with Crippen molar-refractivity contribution >= 4 is 11.6 Å². The maximum absolute atomic E-state index is 13.0. The maximum atomic E-state index is 13.0. The van der Waals surface area contributed by atoms with Gasteiger partial charge in [-0.1, -0.05) is 35.9 Å². The maximum Gasteiger partial charge on any atom is 0.123 e. The molecule has 94 valence electrons. The predicted molar refractivity (Wildman–Crippen MR) is 71.3 cm³/mol. The third kappa shape index (κ3) is 3.09. The number of rotatable bonds is 3. The smallest absolute Gasteiger partial charge is 0.123 e. The molecule has 1 unspecified atom stereocenters. The minimum Gasteiger partial charge on any atom is -0.388 e. The SMILES string of the molecule is Cc1ccc(C(O)Cc2cccc(F)c2)cc1Cl. The summed E-state index contributed by atoms with van der Waals surface area (Å²) in [4.78, 5) is 0. The van der Waals surface area contributed by atoms with E-state index in [0.717, 1.165) is 16.7 Å². The van der Waals surface area contributed by atoms with Gasteiger partial charge in [0, 0.05) is 11.4 Å². The van der Waals surface area contributed by atoms with Crippen molar-refractivity contribution in [1.29, 1.82) is 0 Å². The Morgan fingerprint density at radius 3 is 2.67 bits per heavy atom. The van der Waals surface area contributed by atoms with Gasteiger partial charge in [-0.25, -0.2) is 4.39 Å². The summed E-state index contributed by atoms with van der Waals surface area (Å²) in [5, 5.41) is 10.7. The van der Waals surface area contributed by atoms with Crippen LogP contribution in [0.3, 0.4) is 0 Å². The van der Waals surface area contributed by atoms with Crippen LogP contribution in [0.2, 0.25) is 5.02 Å². The lowest BCUT2D eigenvalue weighted by Crippen LogP contribution is -2.02. The van der Waals surface area contributed by atoms with Gasteiger partial charge >= 0.3 is 0 Å². The van der Waals surface area contributed by atoms with Crippen LogP contribution in [0.4, 0.5) is 4.39 Å². The molecule has 0 saturated heterocycles. The Morgan fingerprint density at radius 2 is 2.00 bits per heavy atom. The summed E-state index contributed by atoms with van der Waals surface area (Å²) >= 11 is 6.02. The summed E-state index contributed by atoms with van der Waals surface area (Å²) in [5.41, 5.74) is 2.48. The molecule has 3 heteroatoms. The summed E-state index contributed by atoms with van der Waals surface area (Å²) in [5.74, 6) is -0.290.